The first kappa shape index (κ1) is 15.8. The van der Waals surface area contributed by atoms with Crippen molar-refractivity contribution in [1.29, 1.82) is 0 Å². The standard InChI is InChI=1S/C21H18N4O2/c1-26-17-2-3-19-14(9-17)8-16(12-27-19)20-24-18-10-15(11-23-21(18)25-20)13-4-6-22-7-5-13/h2-7,9-11,16H,8,12H2,1H3,(H,23,24,25). The third-order valence-corrected chi connectivity index (χ3v) is 4.93. The highest BCUT2D eigenvalue weighted by Crippen LogP contribution is 2.34. The van der Waals surface area contributed by atoms with E-state index in [9.17, 15) is 0 Å². The van der Waals surface area contributed by atoms with E-state index in [-0.39, 0.29) is 5.92 Å². The van der Waals surface area contributed by atoms with Gasteiger partial charge in [-0.2, -0.15) is 0 Å². The van der Waals surface area contributed by atoms with Crippen molar-refractivity contribution in [3.05, 3.63) is 66.4 Å². The van der Waals surface area contributed by atoms with Crippen molar-refractivity contribution < 1.29 is 9.47 Å². The molecule has 0 fully saturated rings. The largest absolute Gasteiger partial charge is 0.497 e. The van der Waals surface area contributed by atoms with Crippen LogP contribution in [0.1, 0.15) is 17.3 Å². The van der Waals surface area contributed by atoms with Crippen LogP contribution in [0, 0.1) is 0 Å². The van der Waals surface area contributed by atoms with E-state index >= 15 is 0 Å². The first-order chi connectivity index (χ1) is 13.3. The van der Waals surface area contributed by atoms with Crippen LogP contribution in [0.2, 0.25) is 0 Å². The van der Waals surface area contributed by atoms with Crippen LogP contribution < -0.4 is 9.47 Å². The zero-order chi connectivity index (χ0) is 18.2. The topological polar surface area (TPSA) is 72.9 Å². The molecule has 0 amide bonds. The number of fused-ring (bicyclic) bond motifs is 2. The monoisotopic (exact) mass is 358 g/mol. The van der Waals surface area contributed by atoms with Crippen LogP contribution >= 0.6 is 0 Å². The molecule has 1 N–H and O–H groups in total. The molecule has 0 saturated heterocycles. The van der Waals surface area contributed by atoms with Crippen molar-refractivity contribution >= 4 is 11.2 Å². The molecule has 5 rings (SSSR count). The Kier molecular flexibility index (Phi) is 3.74. The Balaban J connectivity index is 1.47. The first-order valence-corrected chi connectivity index (χ1v) is 8.86. The van der Waals surface area contributed by atoms with Gasteiger partial charge >= 0.3 is 0 Å². The molecule has 0 spiro atoms. The quantitative estimate of drug-likeness (QED) is 0.604. The highest BCUT2D eigenvalue weighted by Gasteiger charge is 2.24. The number of rotatable bonds is 3. The fraction of sp³-hybridized carbons (Fsp3) is 0.190. The summed E-state index contributed by atoms with van der Waals surface area (Å²) >= 11 is 0. The summed E-state index contributed by atoms with van der Waals surface area (Å²) in [4.78, 5) is 16.8. The van der Waals surface area contributed by atoms with Crippen LogP contribution in [-0.4, -0.2) is 33.7 Å². The van der Waals surface area contributed by atoms with Crippen molar-refractivity contribution in [3.63, 3.8) is 0 Å². The zero-order valence-corrected chi connectivity index (χ0v) is 14.8. The fourth-order valence-corrected chi connectivity index (χ4v) is 3.48. The third kappa shape index (κ3) is 2.89. The normalized spacial score (nSPS) is 16.0. The average molecular weight is 358 g/mol. The molecular weight excluding hydrogens is 340 g/mol. The molecule has 4 heterocycles. The summed E-state index contributed by atoms with van der Waals surface area (Å²) in [6, 6.07) is 11.9. The molecule has 0 aliphatic carbocycles. The zero-order valence-electron chi connectivity index (χ0n) is 14.8. The number of nitrogens with one attached hydrogen (secondary N) is 1. The lowest BCUT2D eigenvalue weighted by Crippen LogP contribution is -2.20. The van der Waals surface area contributed by atoms with Gasteiger partial charge in [-0.1, -0.05) is 0 Å². The maximum absolute atomic E-state index is 5.94. The molecule has 3 aromatic heterocycles. The van der Waals surface area contributed by atoms with Gasteiger partial charge in [0.25, 0.3) is 0 Å². The fourth-order valence-electron chi connectivity index (χ4n) is 3.48. The van der Waals surface area contributed by atoms with Gasteiger partial charge in [0, 0.05) is 24.2 Å². The van der Waals surface area contributed by atoms with Crippen LogP contribution in [0.4, 0.5) is 0 Å². The molecule has 0 bridgehead atoms. The van der Waals surface area contributed by atoms with E-state index in [0.717, 1.165) is 51.6 Å². The summed E-state index contributed by atoms with van der Waals surface area (Å²) in [5.74, 6) is 2.81. The number of pyridine rings is 2. The van der Waals surface area contributed by atoms with Crippen LogP contribution in [0.25, 0.3) is 22.3 Å². The second-order valence-corrected chi connectivity index (χ2v) is 6.64. The summed E-state index contributed by atoms with van der Waals surface area (Å²) in [6.45, 7) is 0.594. The smallest absolute Gasteiger partial charge is 0.157 e. The summed E-state index contributed by atoms with van der Waals surface area (Å²) in [5.41, 5.74) is 4.88. The average Bonchev–Trinajstić information content (AvgIpc) is 3.17. The summed E-state index contributed by atoms with van der Waals surface area (Å²) in [6.07, 6.45) is 6.27. The van der Waals surface area contributed by atoms with Crippen molar-refractivity contribution in [2.45, 2.75) is 12.3 Å². The Bertz CT molecular complexity index is 1110. The van der Waals surface area contributed by atoms with Gasteiger partial charge in [0.15, 0.2) is 5.65 Å². The van der Waals surface area contributed by atoms with Crippen LogP contribution in [0.15, 0.2) is 55.0 Å². The van der Waals surface area contributed by atoms with E-state index < -0.39 is 0 Å². The summed E-state index contributed by atoms with van der Waals surface area (Å²) in [5, 5.41) is 0. The Hall–Kier alpha value is -3.41. The maximum atomic E-state index is 5.94. The van der Waals surface area contributed by atoms with Gasteiger partial charge in [0.2, 0.25) is 0 Å². The van der Waals surface area contributed by atoms with Crippen molar-refractivity contribution in [3.8, 4) is 22.6 Å². The first-order valence-electron chi connectivity index (χ1n) is 8.86. The van der Waals surface area contributed by atoms with Gasteiger partial charge in [0.05, 0.1) is 19.6 Å². The lowest BCUT2D eigenvalue weighted by Gasteiger charge is -2.24. The number of nitrogens with zero attached hydrogens (tertiary/aromatic N) is 3. The second kappa shape index (κ2) is 6.39. The highest BCUT2D eigenvalue weighted by atomic mass is 16.5. The van der Waals surface area contributed by atoms with Crippen LogP contribution in [0.3, 0.4) is 0 Å². The molecule has 1 atom stereocenters. The molecule has 1 aromatic carbocycles. The van der Waals surface area contributed by atoms with E-state index in [2.05, 4.69) is 21.0 Å². The summed E-state index contributed by atoms with van der Waals surface area (Å²) in [7, 11) is 1.67. The third-order valence-electron chi connectivity index (χ3n) is 4.93. The van der Waals surface area contributed by atoms with Gasteiger partial charge in [-0.3, -0.25) is 4.98 Å². The number of aromatic amines is 1. The lowest BCUT2D eigenvalue weighted by molar-refractivity contribution is 0.257. The van der Waals surface area contributed by atoms with Crippen molar-refractivity contribution in [2.24, 2.45) is 0 Å². The minimum atomic E-state index is 0.156. The SMILES string of the molecule is COc1ccc2c(c1)CC(c1nc3cc(-c4ccncc4)cnc3[nH]1)CO2. The summed E-state index contributed by atoms with van der Waals surface area (Å²) < 4.78 is 11.3. The lowest BCUT2D eigenvalue weighted by atomic mass is 9.96. The molecule has 0 radical (unpaired) electrons. The minimum Gasteiger partial charge on any atom is -0.497 e. The van der Waals surface area contributed by atoms with E-state index in [4.69, 9.17) is 14.5 Å². The molecule has 4 aromatic rings. The maximum Gasteiger partial charge on any atom is 0.157 e. The Labute approximate surface area is 156 Å². The van der Waals surface area contributed by atoms with Gasteiger partial charge < -0.3 is 14.5 Å². The number of H-pyrrole nitrogens is 1. The van der Waals surface area contributed by atoms with Gasteiger partial charge in [0.1, 0.15) is 22.8 Å². The molecule has 6 nitrogen and oxygen atoms in total. The molecule has 27 heavy (non-hydrogen) atoms. The molecule has 1 aliphatic rings. The van der Waals surface area contributed by atoms with E-state index in [1.807, 2.05) is 36.5 Å². The van der Waals surface area contributed by atoms with Crippen LogP contribution in [0.5, 0.6) is 11.5 Å². The van der Waals surface area contributed by atoms with Gasteiger partial charge in [-0.15, -0.1) is 0 Å². The van der Waals surface area contributed by atoms with E-state index in [1.165, 1.54) is 0 Å². The number of hydrogen-bond acceptors (Lipinski definition) is 5. The highest BCUT2D eigenvalue weighted by molar-refractivity contribution is 5.78. The number of imidazole rings is 1. The molecule has 0 saturated carbocycles. The van der Waals surface area contributed by atoms with Crippen LogP contribution in [-0.2, 0) is 6.42 Å². The number of benzene rings is 1. The predicted molar refractivity (Wildman–Crippen MR) is 102 cm³/mol. The van der Waals surface area contributed by atoms with Gasteiger partial charge in [-0.05, 0) is 53.9 Å². The number of ether oxygens (including phenoxy) is 2. The second-order valence-electron chi connectivity index (χ2n) is 6.64. The van der Waals surface area contributed by atoms with Gasteiger partial charge in [-0.25, -0.2) is 9.97 Å². The molecule has 134 valence electrons. The minimum absolute atomic E-state index is 0.156. The number of methoxy groups -OCH3 is 1. The number of hydrogen-bond donors (Lipinski definition) is 1. The molecule has 6 heteroatoms. The molecule has 1 aliphatic heterocycles. The number of aromatic nitrogens is 4. The molecular formula is C21H18N4O2. The van der Waals surface area contributed by atoms with E-state index in [1.54, 1.807) is 19.5 Å². The van der Waals surface area contributed by atoms with Crippen molar-refractivity contribution in [2.75, 3.05) is 13.7 Å². The van der Waals surface area contributed by atoms with Crippen molar-refractivity contribution in [1.82, 2.24) is 19.9 Å². The Morgan fingerprint density at radius 3 is 2.85 bits per heavy atom. The Morgan fingerprint density at radius 1 is 1.11 bits per heavy atom. The van der Waals surface area contributed by atoms with E-state index in [0.29, 0.717) is 6.61 Å². The predicted octanol–water partition coefficient (Wildman–Crippen LogP) is 3.75. The molecule has 1 unspecified atom stereocenters. The Morgan fingerprint density at radius 2 is 2.00 bits per heavy atom.